The molecule has 11 nitrogen and oxygen atoms in total. The highest BCUT2D eigenvalue weighted by Crippen LogP contribution is 2.34. The van der Waals surface area contributed by atoms with Crippen molar-refractivity contribution < 1.29 is 18.7 Å². The Hall–Kier alpha value is -4.28. The van der Waals surface area contributed by atoms with E-state index < -0.39 is 34.6 Å². The molecule has 4 rings (SSSR count). The monoisotopic (exact) mass is 596 g/mol. The number of fused-ring (bicyclic) bond motifs is 1. The van der Waals surface area contributed by atoms with Gasteiger partial charge in [0.25, 0.3) is 5.56 Å². The zero-order valence-corrected chi connectivity index (χ0v) is 25.1. The molecule has 0 radical (unpaired) electrons. The Bertz CT molecular complexity index is 1770. The van der Waals surface area contributed by atoms with Gasteiger partial charge in [-0.2, -0.15) is 10.4 Å². The molecule has 0 aliphatic rings. The van der Waals surface area contributed by atoms with Crippen LogP contribution in [0.1, 0.15) is 51.3 Å². The zero-order valence-electron chi connectivity index (χ0n) is 24.3. The molecule has 222 valence electrons. The lowest BCUT2D eigenvalue weighted by molar-refractivity contribution is -0.130. The Labute approximate surface area is 245 Å². The number of carbonyl (C=O) groups is 1. The molecule has 1 amide bonds. The topological polar surface area (TPSA) is 133 Å². The van der Waals surface area contributed by atoms with E-state index in [1.165, 1.54) is 41.2 Å². The maximum absolute atomic E-state index is 14.4. The average molecular weight is 597 g/mol. The van der Waals surface area contributed by atoms with Gasteiger partial charge >= 0.3 is 5.69 Å². The number of methoxy groups -OCH3 is 1. The predicted molar refractivity (Wildman–Crippen MR) is 157 cm³/mol. The second kappa shape index (κ2) is 12.3. The Morgan fingerprint density at radius 2 is 2.05 bits per heavy atom. The summed E-state index contributed by atoms with van der Waals surface area (Å²) in [4.78, 5) is 42.4. The van der Waals surface area contributed by atoms with Gasteiger partial charge in [-0.1, -0.05) is 18.3 Å². The third kappa shape index (κ3) is 5.47. The van der Waals surface area contributed by atoms with Crippen molar-refractivity contribution in [3.05, 3.63) is 74.4 Å². The number of rotatable bonds is 11. The molecule has 2 atom stereocenters. The number of thiophene rings is 1. The zero-order chi connectivity index (χ0) is 30.8. The molecule has 3 aromatic heterocycles. The fourth-order valence-electron chi connectivity index (χ4n) is 4.88. The van der Waals surface area contributed by atoms with Crippen LogP contribution in [0.25, 0.3) is 15.2 Å². The van der Waals surface area contributed by atoms with Gasteiger partial charge in [-0.15, -0.1) is 0 Å². The van der Waals surface area contributed by atoms with Crippen LogP contribution < -0.4 is 21.3 Å². The van der Waals surface area contributed by atoms with Crippen molar-refractivity contribution in [3.8, 4) is 16.8 Å². The van der Waals surface area contributed by atoms with Crippen molar-refractivity contribution in [1.29, 1.82) is 5.26 Å². The summed E-state index contributed by atoms with van der Waals surface area (Å²) < 4.78 is 29.6. The molecule has 0 aliphatic heterocycles. The fraction of sp³-hybridized carbons (Fsp3) is 0.414. The minimum Gasteiger partial charge on any atom is -0.496 e. The van der Waals surface area contributed by atoms with E-state index in [1.807, 2.05) is 6.07 Å². The molecule has 0 aliphatic carbocycles. The summed E-state index contributed by atoms with van der Waals surface area (Å²) in [5, 5.41) is 17.3. The van der Waals surface area contributed by atoms with Gasteiger partial charge in [0, 0.05) is 29.6 Å². The lowest BCUT2D eigenvalue weighted by Gasteiger charge is -2.31. The lowest BCUT2D eigenvalue weighted by Crippen LogP contribution is -2.58. The van der Waals surface area contributed by atoms with E-state index in [0.29, 0.717) is 21.1 Å². The average Bonchev–Trinajstić information content (AvgIpc) is 3.60. The Morgan fingerprint density at radius 3 is 2.64 bits per heavy atom. The first-order valence-electron chi connectivity index (χ1n) is 13.4. The van der Waals surface area contributed by atoms with Gasteiger partial charge in [-0.25, -0.2) is 18.4 Å². The normalized spacial score (nSPS) is 13.6. The number of ether oxygens (including phenoxy) is 2. The van der Waals surface area contributed by atoms with Crippen molar-refractivity contribution in [1.82, 2.24) is 24.2 Å². The minimum absolute atomic E-state index is 0.146. The van der Waals surface area contributed by atoms with E-state index in [1.54, 1.807) is 57.8 Å². The molecule has 1 unspecified atom stereocenters. The number of halogens is 1. The summed E-state index contributed by atoms with van der Waals surface area (Å²) in [5.41, 5.74) is -2.04. The highest BCUT2D eigenvalue weighted by molar-refractivity contribution is 7.21. The van der Waals surface area contributed by atoms with Crippen LogP contribution in [-0.2, 0) is 21.6 Å². The predicted octanol–water partition coefficient (Wildman–Crippen LogP) is 3.80. The number of hydrogen-bond acceptors (Lipinski definition) is 8. The second-order valence-electron chi connectivity index (χ2n) is 10.3. The van der Waals surface area contributed by atoms with Crippen LogP contribution in [0.4, 0.5) is 4.39 Å². The first-order chi connectivity index (χ1) is 20.0. The van der Waals surface area contributed by atoms with E-state index in [-0.39, 0.29) is 36.6 Å². The van der Waals surface area contributed by atoms with E-state index in [0.717, 1.165) is 4.57 Å². The van der Waals surface area contributed by atoms with E-state index in [9.17, 15) is 24.0 Å². The Balaban J connectivity index is 2.07. The van der Waals surface area contributed by atoms with Crippen molar-refractivity contribution in [2.75, 3.05) is 13.7 Å². The van der Waals surface area contributed by atoms with Gasteiger partial charge in [0.2, 0.25) is 5.91 Å². The van der Waals surface area contributed by atoms with Crippen LogP contribution in [-0.4, -0.2) is 44.6 Å². The van der Waals surface area contributed by atoms with Crippen LogP contribution in [0, 0.1) is 24.1 Å². The van der Waals surface area contributed by atoms with Crippen LogP contribution in [0.15, 0.2) is 46.2 Å². The number of amides is 1. The summed E-state index contributed by atoms with van der Waals surface area (Å²) in [7, 11) is 1.42. The molecule has 0 saturated heterocycles. The van der Waals surface area contributed by atoms with Gasteiger partial charge in [0.1, 0.15) is 39.6 Å². The molecule has 0 spiro atoms. The van der Waals surface area contributed by atoms with Gasteiger partial charge in [0.05, 0.1) is 25.1 Å². The van der Waals surface area contributed by atoms with E-state index >= 15 is 0 Å². The number of benzene rings is 1. The SMILES string of the molecule is CCC(C)(C(=O)NC(C)C)n1c(=O)c2c(C)c(-n3cccn3)sc2n(C[C@H](OCC#N)c2cc(F)ccc2OC)c1=O. The van der Waals surface area contributed by atoms with Crippen molar-refractivity contribution in [2.24, 2.45) is 0 Å². The molecule has 13 heteroatoms. The van der Waals surface area contributed by atoms with Crippen molar-refractivity contribution in [3.63, 3.8) is 0 Å². The molecule has 0 bridgehead atoms. The molecule has 0 fully saturated rings. The van der Waals surface area contributed by atoms with Crippen molar-refractivity contribution in [2.45, 2.75) is 65.3 Å². The van der Waals surface area contributed by atoms with Crippen LogP contribution in [0.3, 0.4) is 0 Å². The van der Waals surface area contributed by atoms with Crippen LogP contribution in [0.2, 0.25) is 0 Å². The molecule has 3 heterocycles. The van der Waals surface area contributed by atoms with Gasteiger partial charge in [-0.05, 0) is 58.4 Å². The van der Waals surface area contributed by atoms with Crippen LogP contribution >= 0.6 is 11.3 Å². The number of aromatic nitrogens is 4. The number of nitrogens with one attached hydrogen (secondary N) is 1. The fourth-order valence-corrected chi connectivity index (χ4v) is 6.12. The molecule has 1 N–H and O–H groups in total. The highest BCUT2D eigenvalue weighted by Gasteiger charge is 2.39. The maximum atomic E-state index is 14.4. The van der Waals surface area contributed by atoms with Gasteiger partial charge in [0.15, 0.2) is 0 Å². The smallest absolute Gasteiger partial charge is 0.333 e. The van der Waals surface area contributed by atoms with Crippen LogP contribution in [0.5, 0.6) is 5.75 Å². The largest absolute Gasteiger partial charge is 0.496 e. The summed E-state index contributed by atoms with van der Waals surface area (Å²) in [6, 6.07) is 7.30. The maximum Gasteiger partial charge on any atom is 0.333 e. The van der Waals surface area contributed by atoms with E-state index in [2.05, 4.69) is 10.4 Å². The Kier molecular flexibility index (Phi) is 8.98. The third-order valence-electron chi connectivity index (χ3n) is 7.23. The molecule has 0 saturated carbocycles. The number of hydrogen-bond donors (Lipinski definition) is 1. The summed E-state index contributed by atoms with van der Waals surface area (Å²) in [6.45, 7) is 8.06. The van der Waals surface area contributed by atoms with Gasteiger partial charge < -0.3 is 14.8 Å². The summed E-state index contributed by atoms with van der Waals surface area (Å²) in [6.07, 6.45) is 2.45. The molecule has 1 aromatic carbocycles. The first-order valence-corrected chi connectivity index (χ1v) is 14.2. The van der Waals surface area contributed by atoms with Crippen molar-refractivity contribution >= 4 is 27.5 Å². The summed E-state index contributed by atoms with van der Waals surface area (Å²) in [5.74, 6) is -0.740. The molecular weight excluding hydrogens is 563 g/mol. The molecule has 4 aromatic rings. The summed E-state index contributed by atoms with van der Waals surface area (Å²) >= 11 is 1.18. The molecular formula is C29H33FN6O5S. The second-order valence-corrected chi connectivity index (χ2v) is 11.3. The van der Waals surface area contributed by atoms with E-state index in [4.69, 9.17) is 9.47 Å². The number of nitrogens with zero attached hydrogens (tertiary/aromatic N) is 5. The third-order valence-corrected chi connectivity index (χ3v) is 8.53. The quantitative estimate of drug-likeness (QED) is 0.278. The number of carbonyl (C=O) groups excluding carboxylic acids is 1. The number of aryl methyl sites for hydroxylation is 1. The number of nitriles is 1. The minimum atomic E-state index is -1.53. The van der Waals surface area contributed by atoms with Gasteiger partial charge in [-0.3, -0.25) is 14.2 Å². The standard InChI is InChI=1S/C29H33FN6O5S/c1-7-29(5,27(38)33-17(2)3)36-24(37)23-18(4)25(35-13-8-12-32-35)42-26(23)34(28(36)39)16-22(41-14-11-31)20-15-19(30)9-10-21(20)40-6/h8-10,12-13,15,17,22H,7,14,16H2,1-6H3,(H,33,38)/t22-,29?/m0/s1. The Morgan fingerprint density at radius 1 is 1.31 bits per heavy atom. The molecule has 42 heavy (non-hydrogen) atoms. The lowest BCUT2D eigenvalue weighted by atomic mass is 9.96. The highest BCUT2D eigenvalue weighted by atomic mass is 32.1. The first kappa shape index (κ1) is 30.7.